The second-order valence-electron chi connectivity index (χ2n) is 7.32. The van der Waals surface area contributed by atoms with Crippen LogP contribution in [0.1, 0.15) is 36.1 Å². The first kappa shape index (κ1) is 20.6. The molecule has 0 saturated heterocycles. The van der Waals surface area contributed by atoms with Crippen LogP contribution in [0, 0.1) is 6.92 Å². The lowest BCUT2D eigenvalue weighted by molar-refractivity contribution is 0.340. The molecule has 2 aromatic carbocycles. The van der Waals surface area contributed by atoms with Gasteiger partial charge in [-0.25, -0.2) is 13.4 Å². The molecule has 2 heterocycles. The molecule has 0 N–H and O–H groups in total. The lowest BCUT2D eigenvalue weighted by Crippen LogP contribution is -2.26. The van der Waals surface area contributed by atoms with Gasteiger partial charge in [0.25, 0.3) is 0 Å². The molecule has 6 nitrogen and oxygen atoms in total. The number of fused-ring (bicyclic) bond motifs is 1. The van der Waals surface area contributed by atoms with E-state index >= 15 is 0 Å². The number of ether oxygens (including phenoxy) is 1. The van der Waals surface area contributed by atoms with E-state index < -0.39 is 16.1 Å². The van der Waals surface area contributed by atoms with Crippen molar-refractivity contribution in [2.75, 3.05) is 12.9 Å². The monoisotopic (exact) mass is 443 g/mol. The fourth-order valence-electron chi connectivity index (χ4n) is 3.58. The summed E-state index contributed by atoms with van der Waals surface area (Å²) in [6.45, 7) is 4.48. The number of hydrogen-bond donors (Lipinski definition) is 0. The highest BCUT2D eigenvalue weighted by Gasteiger charge is 2.36. The Hall–Kier alpha value is -2.64. The highest BCUT2D eigenvalue weighted by Crippen LogP contribution is 2.38. The first-order valence-corrected chi connectivity index (χ1v) is 11.9. The summed E-state index contributed by atoms with van der Waals surface area (Å²) >= 11 is 6.52. The van der Waals surface area contributed by atoms with E-state index in [0.717, 1.165) is 27.2 Å². The normalized spacial score (nSPS) is 16.7. The molecule has 0 aliphatic carbocycles. The van der Waals surface area contributed by atoms with Gasteiger partial charge in [-0.05, 0) is 37.6 Å². The standard InChI is InChI=1S/C22H22ClN3O3S/c1-4-29-17-10-9-16-11-18(22(23)24-19(16)12-17)21-13-20(25-26(21)30(3,27)28)15-7-5-14(2)6-8-15/h5-12,21H,4,13H2,1-3H3/t21-/m1/s1. The van der Waals surface area contributed by atoms with Crippen molar-refractivity contribution in [2.45, 2.75) is 26.3 Å². The molecule has 0 fully saturated rings. The number of hydrazone groups is 1. The maximum Gasteiger partial charge on any atom is 0.247 e. The maximum atomic E-state index is 12.5. The van der Waals surface area contributed by atoms with Gasteiger partial charge in [0, 0.05) is 23.4 Å². The Morgan fingerprint density at radius 1 is 1.17 bits per heavy atom. The van der Waals surface area contributed by atoms with E-state index in [2.05, 4.69) is 10.1 Å². The van der Waals surface area contributed by atoms with Crippen LogP contribution in [0.25, 0.3) is 10.9 Å². The number of aryl methyl sites for hydroxylation is 1. The minimum Gasteiger partial charge on any atom is -0.494 e. The largest absolute Gasteiger partial charge is 0.494 e. The Bertz CT molecular complexity index is 1240. The van der Waals surface area contributed by atoms with Gasteiger partial charge in [-0.3, -0.25) is 0 Å². The molecule has 1 aromatic heterocycles. The van der Waals surface area contributed by atoms with Crippen LogP contribution in [-0.4, -0.2) is 36.4 Å². The van der Waals surface area contributed by atoms with Crippen LogP contribution in [0.2, 0.25) is 5.15 Å². The van der Waals surface area contributed by atoms with E-state index in [0.29, 0.717) is 35.6 Å². The van der Waals surface area contributed by atoms with Gasteiger partial charge in [-0.2, -0.15) is 9.52 Å². The van der Waals surface area contributed by atoms with Crippen LogP contribution in [0.15, 0.2) is 53.6 Å². The third-order valence-corrected chi connectivity index (χ3v) is 6.36. The van der Waals surface area contributed by atoms with Gasteiger partial charge in [-0.15, -0.1) is 0 Å². The zero-order valence-electron chi connectivity index (χ0n) is 17.0. The lowest BCUT2D eigenvalue weighted by atomic mass is 9.98. The quantitative estimate of drug-likeness (QED) is 0.535. The molecular formula is C22H22ClN3O3S. The number of pyridine rings is 1. The number of sulfonamides is 1. The number of benzene rings is 2. The molecule has 0 saturated carbocycles. The minimum absolute atomic E-state index is 0.259. The third-order valence-electron chi connectivity index (χ3n) is 5.04. The van der Waals surface area contributed by atoms with E-state index in [1.165, 1.54) is 0 Å². The fraction of sp³-hybridized carbons (Fsp3) is 0.273. The second kappa shape index (κ2) is 7.89. The van der Waals surface area contributed by atoms with Crippen molar-refractivity contribution >= 4 is 38.2 Å². The molecule has 1 aliphatic heterocycles. The minimum atomic E-state index is -3.59. The average Bonchev–Trinajstić information content (AvgIpc) is 3.14. The van der Waals surface area contributed by atoms with Crippen LogP contribution < -0.4 is 4.74 Å². The van der Waals surface area contributed by atoms with Gasteiger partial charge < -0.3 is 4.74 Å². The smallest absolute Gasteiger partial charge is 0.247 e. The van der Waals surface area contributed by atoms with Crippen molar-refractivity contribution < 1.29 is 13.2 Å². The number of rotatable bonds is 5. The van der Waals surface area contributed by atoms with Gasteiger partial charge in [-0.1, -0.05) is 41.4 Å². The average molecular weight is 444 g/mol. The Balaban J connectivity index is 1.76. The lowest BCUT2D eigenvalue weighted by Gasteiger charge is -2.22. The number of nitrogens with zero attached hydrogens (tertiary/aromatic N) is 3. The van der Waals surface area contributed by atoms with Crippen LogP contribution in [0.5, 0.6) is 5.75 Å². The summed E-state index contributed by atoms with van der Waals surface area (Å²) in [5.74, 6) is 0.713. The highest BCUT2D eigenvalue weighted by molar-refractivity contribution is 7.88. The van der Waals surface area contributed by atoms with E-state index in [9.17, 15) is 8.42 Å². The van der Waals surface area contributed by atoms with Crippen LogP contribution in [0.4, 0.5) is 0 Å². The highest BCUT2D eigenvalue weighted by atomic mass is 35.5. The molecule has 1 atom stereocenters. The zero-order valence-corrected chi connectivity index (χ0v) is 18.5. The maximum absolute atomic E-state index is 12.5. The topological polar surface area (TPSA) is 71.9 Å². The number of aromatic nitrogens is 1. The summed E-state index contributed by atoms with van der Waals surface area (Å²) in [6, 6.07) is 14.8. The summed E-state index contributed by atoms with van der Waals surface area (Å²) in [5, 5.41) is 5.55. The number of hydrogen-bond acceptors (Lipinski definition) is 5. The van der Waals surface area contributed by atoms with Crippen LogP contribution >= 0.6 is 11.6 Å². The van der Waals surface area contributed by atoms with Crippen molar-refractivity contribution in [2.24, 2.45) is 5.10 Å². The van der Waals surface area contributed by atoms with Crippen molar-refractivity contribution in [1.82, 2.24) is 9.40 Å². The molecule has 1 aliphatic rings. The van der Waals surface area contributed by atoms with Gasteiger partial charge in [0.2, 0.25) is 10.0 Å². The third kappa shape index (κ3) is 4.00. The molecule has 0 amide bonds. The summed E-state index contributed by atoms with van der Waals surface area (Å²) < 4.78 is 31.6. The summed E-state index contributed by atoms with van der Waals surface area (Å²) in [5.41, 5.74) is 4.04. The predicted molar refractivity (Wildman–Crippen MR) is 120 cm³/mol. The van der Waals surface area contributed by atoms with Crippen LogP contribution in [0.3, 0.4) is 0 Å². The summed E-state index contributed by atoms with van der Waals surface area (Å²) in [6.07, 6.45) is 1.57. The van der Waals surface area contributed by atoms with Gasteiger partial charge in [0.05, 0.1) is 30.1 Å². The number of halogens is 1. The van der Waals surface area contributed by atoms with Crippen molar-refractivity contribution in [3.05, 3.63) is 70.4 Å². The molecule has 0 spiro atoms. The molecule has 4 rings (SSSR count). The molecule has 0 radical (unpaired) electrons. The first-order valence-electron chi connectivity index (χ1n) is 9.63. The molecule has 156 valence electrons. The zero-order chi connectivity index (χ0) is 21.5. The molecule has 0 unspecified atom stereocenters. The molecular weight excluding hydrogens is 422 g/mol. The van der Waals surface area contributed by atoms with E-state index in [4.69, 9.17) is 16.3 Å². The Morgan fingerprint density at radius 2 is 1.90 bits per heavy atom. The van der Waals surface area contributed by atoms with E-state index in [-0.39, 0.29) is 5.15 Å². The van der Waals surface area contributed by atoms with Gasteiger partial charge in [0.15, 0.2) is 0 Å². The molecule has 30 heavy (non-hydrogen) atoms. The first-order chi connectivity index (χ1) is 14.3. The fourth-order valence-corrected chi connectivity index (χ4v) is 4.75. The van der Waals surface area contributed by atoms with Crippen molar-refractivity contribution in [3.63, 3.8) is 0 Å². The molecule has 3 aromatic rings. The molecule has 0 bridgehead atoms. The van der Waals surface area contributed by atoms with Crippen molar-refractivity contribution in [3.8, 4) is 5.75 Å². The van der Waals surface area contributed by atoms with Gasteiger partial charge >= 0.3 is 0 Å². The van der Waals surface area contributed by atoms with Crippen LogP contribution in [-0.2, 0) is 10.0 Å². The van der Waals surface area contributed by atoms with E-state index in [1.807, 2.05) is 62.4 Å². The summed E-state index contributed by atoms with van der Waals surface area (Å²) in [7, 11) is -3.59. The Kier molecular flexibility index (Phi) is 5.42. The molecule has 8 heteroatoms. The van der Waals surface area contributed by atoms with Gasteiger partial charge in [0.1, 0.15) is 10.9 Å². The summed E-state index contributed by atoms with van der Waals surface area (Å²) in [4.78, 5) is 4.50. The van der Waals surface area contributed by atoms with E-state index in [1.54, 1.807) is 0 Å². The van der Waals surface area contributed by atoms with Crippen molar-refractivity contribution in [1.29, 1.82) is 0 Å². The second-order valence-corrected chi connectivity index (χ2v) is 9.52. The SMILES string of the molecule is CCOc1ccc2cc([C@H]3CC(c4ccc(C)cc4)=NN3S(C)(=O)=O)c(Cl)nc2c1. The predicted octanol–water partition coefficient (Wildman–Crippen LogP) is 4.71. The Morgan fingerprint density at radius 3 is 2.57 bits per heavy atom. The Labute approximate surface area is 181 Å².